The molecule has 0 amide bonds. The van der Waals surface area contributed by atoms with Gasteiger partial charge in [0.2, 0.25) is 0 Å². The summed E-state index contributed by atoms with van der Waals surface area (Å²) in [4.78, 5) is 8.82. The average Bonchev–Trinajstić information content (AvgIpc) is 3.20. The van der Waals surface area contributed by atoms with Crippen molar-refractivity contribution in [1.82, 2.24) is 24.7 Å². The van der Waals surface area contributed by atoms with Crippen LogP contribution in [0.1, 0.15) is 41.0 Å². The van der Waals surface area contributed by atoms with Crippen LogP contribution in [0.3, 0.4) is 0 Å². The second-order valence-corrected chi connectivity index (χ2v) is 7.87. The lowest BCUT2D eigenvalue weighted by atomic mass is 10.0. The van der Waals surface area contributed by atoms with Crippen LogP contribution < -0.4 is 5.32 Å². The van der Waals surface area contributed by atoms with Crippen molar-refractivity contribution in [2.45, 2.75) is 40.3 Å². The molecule has 2 N–H and O–H groups in total. The number of aliphatic hydroxyl groups is 1. The number of benzene rings is 1. The minimum atomic E-state index is -0.247. The second-order valence-electron chi connectivity index (χ2n) is 7.87. The summed E-state index contributed by atoms with van der Waals surface area (Å²) < 4.78 is 15.2. The molecule has 0 fully saturated rings. The molecule has 0 saturated heterocycles. The first-order valence-corrected chi connectivity index (χ1v) is 10.3. The molecule has 8 heteroatoms. The maximum Gasteiger partial charge on any atom is 0.152 e. The molecule has 0 bridgehead atoms. The lowest BCUT2D eigenvalue weighted by Gasteiger charge is -2.18. The standard InChI is InChI=1S/C24H25FN6O/c1-14-9-18(25)5-6-19(14)17(4)27-24-15(2)10-21(29-30-24)20-7-8-23(22(12-32)28-20)31-11-16(3)26-13-31/h5-11,13,17,32H,12H2,1-4H3,(H,27,30)/t17-/m0/s1. The van der Waals surface area contributed by atoms with Gasteiger partial charge in [0, 0.05) is 6.20 Å². The molecule has 164 valence electrons. The topological polar surface area (TPSA) is 88.8 Å². The van der Waals surface area contributed by atoms with E-state index in [9.17, 15) is 9.50 Å². The van der Waals surface area contributed by atoms with Crippen LogP contribution in [-0.4, -0.2) is 29.8 Å². The number of hydrogen-bond acceptors (Lipinski definition) is 6. The molecule has 0 aliphatic rings. The Kier molecular flexibility index (Phi) is 5.96. The third kappa shape index (κ3) is 4.36. The molecule has 0 aliphatic heterocycles. The lowest BCUT2D eigenvalue weighted by molar-refractivity contribution is 0.276. The number of hydrogen-bond donors (Lipinski definition) is 2. The predicted molar refractivity (Wildman–Crippen MR) is 121 cm³/mol. The van der Waals surface area contributed by atoms with E-state index in [-0.39, 0.29) is 18.5 Å². The van der Waals surface area contributed by atoms with Gasteiger partial charge in [-0.3, -0.25) is 0 Å². The van der Waals surface area contributed by atoms with Gasteiger partial charge in [-0.1, -0.05) is 6.07 Å². The van der Waals surface area contributed by atoms with E-state index in [0.717, 1.165) is 28.1 Å². The molecule has 0 spiro atoms. The number of aryl methyl sites for hydroxylation is 3. The minimum absolute atomic E-state index is 0.0634. The number of nitrogens with one attached hydrogen (secondary N) is 1. The van der Waals surface area contributed by atoms with Gasteiger partial charge in [0.15, 0.2) is 5.82 Å². The quantitative estimate of drug-likeness (QED) is 0.468. The molecule has 1 atom stereocenters. The van der Waals surface area contributed by atoms with Crippen molar-refractivity contribution in [2.75, 3.05) is 5.32 Å². The van der Waals surface area contributed by atoms with Gasteiger partial charge in [0.25, 0.3) is 0 Å². The Morgan fingerprint density at radius 2 is 1.84 bits per heavy atom. The van der Waals surface area contributed by atoms with Crippen LogP contribution in [0.2, 0.25) is 0 Å². The van der Waals surface area contributed by atoms with Crippen molar-refractivity contribution in [2.24, 2.45) is 0 Å². The Hall–Kier alpha value is -3.65. The fourth-order valence-corrected chi connectivity index (χ4v) is 3.70. The summed E-state index contributed by atoms with van der Waals surface area (Å²) in [6.45, 7) is 7.53. The zero-order valence-corrected chi connectivity index (χ0v) is 18.5. The number of aliphatic hydroxyl groups excluding tert-OH is 1. The van der Waals surface area contributed by atoms with Gasteiger partial charge in [-0.15, -0.1) is 10.2 Å². The monoisotopic (exact) mass is 432 g/mol. The number of imidazole rings is 1. The molecule has 1 aromatic carbocycles. The number of aromatic nitrogens is 5. The highest BCUT2D eigenvalue weighted by atomic mass is 19.1. The van der Waals surface area contributed by atoms with Gasteiger partial charge in [-0.25, -0.2) is 14.4 Å². The van der Waals surface area contributed by atoms with Crippen molar-refractivity contribution in [3.63, 3.8) is 0 Å². The summed E-state index contributed by atoms with van der Waals surface area (Å²) in [5, 5.41) is 21.9. The fourth-order valence-electron chi connectivity index (χ4n) is 3.70. The molecule has 4 rings (SSSR count). The van der Waals surface area contributed by atoms with Crippen LogP contribution >= 0.6 is 0 Å². The summed E-state index contributed by atoms with van der Waals surface area (Å²) in [5.41, 5.74) is 6.19. The molecule has 4 aromatic rings. The fraction of sp³-hybridized carbons (Fsp3) is 0.250. The maximum atomic E-state index is 13.4. The van der Waals surface area contributed by atoms with Crippen molar-refractivity contribution in [3.05, 3.63) is 82.8 Å². The zero-order valence-electron chi connectivity index (χ0n) is 18.5. The second kappa shape index (κ2) is 8.84. The average molecular weight is 433 g/mol. The third-order valence-electron chi connectivity index (χ3n) is 5.39. The van der Waals surface area contributed by atoms with E-state index in [1.165, 1.54) is 12.1 Å². The lowest BCUT2D eigenvalue weighted by Crippen LogP contribution is -2.11. The van der Waals surface area contributed by atoms with Gasteiger partial charge in [0.05, 0.1) is 41.7 Å². The van der Waals surface area contributed by atoms with Crippen molar-refractivity contribution < 1.29 is 9.50 Å². The third-order valence-corrected chi connectivity index (χ3v) is 5.39. The van der Waals surface area contributed by atoms with Crippen molar-refractivity contribution in [3.8, 4) is 17.1 Å². The Bertz CT molecular complexity index is 1270. The highest BCUT2D eigenvalue weighted by molar-refractivity contribution is 5.60. The number of rotatable bonds is 6. The molecule has 0 unspecified atom stereocenters. The predicted octanol–water partition coefficient (Wildman–Crippen LogP) is 4.45. The number of halogens is 1. The number of anilines is 1. The minimum Gasteiger partial charge on any atom is -0.390 e. The zero-order chi connectivity index (χ0) is 22.8. The van der Waals surface area contributed by atoms with Crippen LogP contribution in [0, 0.1) is 26.6 Å². The van der Waals surface area contributed by atoms with Crippen LogP contribution in [-0.2, 0) is 6.61 Å². The molecule has 3 aromatic heterocycles. The van der Waals surface area contributed by atoms with E-state index in [2.05, 4.69) is 25.5 Å². The Morgan fingerprint density at radius 1 is 1.03 bits per heavy atom. The van der Waals surface area contributed by atoms with E-state index >= 15 is 0 Å². The first-order valence-electron chi connectivity index (χ1n) is 10.3. The normalized spacial score (nSPS) is 12.1. The molecular formula is C24H25FN6O. The SMILES string of the molecule is Cc1cn(-c2ccc(-c3cc(C)c(N[C@@H](C)c4ccc(F)cc4C)nn3)nc2CO)cn1. The number of pyridine rings is 1. The summed E-state index contributed by atoms with van der Waals surface area (Å²) in [5.74, 6) is 0.403. The first kappa shape index (κ1) is 21.6. The van der Waals surface area contributed by atoms with Gasteiger partial charge < -0.3 is 15.0 Å². The largest absolute Gasteiger partial charge is 0.390 e. The molecular weight excluding hydrogens is 407 g/mol. The van der Waals surface area contributed by atoms with E-state index in [1.807, 2.05) is 56.7 Å². The Balaban J connectivity index is 1.59. The summed E-state index contributed by atoms with van der Waals surface area (Å²) in [6.07, 6.45) is 3.57. The maximum absolute atomic E-state index is 13.4. The van der Waals surface area contributed by atoms with Crippen LogP contribution in [0.15, 0.2) is 48.9 Å². The van der Waals surface area contributed by atoms with Gasteiger partial charge in [-0.05, 0) is 74.7 Å². The van der Waals surface area contributed by atoms with Crippen molar-refractivity contribution in [1.29, 1.82) is 0 Å². The summed E-state index contributed by atoms with van der Waals surface area (Å²) >= 11 is 0. The summed E-state index contributed by atoms with van der Waals surface area (Å²) in [7, 11) is 0. The molecule has 0 radical (unpaired) electrons. The Morgan fingerprint density at radius 3 is 2.50 bits per heavy atom. The molecule has 0 saturated carbocycles. The van der Waals surface area contributed by atoms with E-state index < -0.39 is 0 Å². The van der Waals surface area contributed by atoms with Gasteiger partial charge in [-0.2, -0.15) is 0 Å². The smallest absolute Gasteiger partial charge is 0.152 e. The highest BCUT2D eigenvalue weighted by Gasteiger charge is 2.14. The van der Waals surface area contributed by atoms with Crippen molar-refractivity contribution >= 4 is 5.82 Å². The first-order chi connectivity index (χ1) is 15.4. The van der Waals surface area contributed by atoms with Gasteiger partial charge in [0.1, 0.15) is 11.5 Å². The Labute approximate surface area is 186 Å². The van der Waals surface area contributed by atoms with E-state index in [1.54, 1.807) is 12.4 Å². The number of nitrogens with zero attached hydrogens (tertiary/aromatic N) is 5. The molecule has 3 heterocycles. The van der Waals surface area contributed by atoms with Crippen LogP contribution in [0.5, 0.6) is 0 Å². The van der Waals surface area contributed by atoms with E-state index in [4.69, 9.17) is 0 Å². The highest BCUT2D eigenvalue weighted by Crippen LogP contribution is 2.26. The summed E-state index contributed by atoms with van der Waals surface area (Å²) in [6, 6.07) is 10.3. The van der Waals surface area contributed by atoms with Gasteiger partial charge >= 0.3 is 0 Å². The van der Waals surface area contributed by atoms with Crippen LogP contribution in [0.4, 0.5) is 10.2 Å². The molecule has 0 aliphatic carbocycles. The van der Waals surface area contributed by atoms with E-state index in [0.29, 0.717) is 22.9 Å². The molecule has 7 nitrogen and oxygen atoms in total. The molecule has 32 heavy (non-hydrogen) atoms. The van der Waals surface area contributed by atoms with Crippen LogP contribution in [0.25, 0.3) is 17.1 Å².